The average Bonchev–Trinajstić information content (AvgIpc) is 2.38. The van der Waals surface area contributed by atoms with Gasteiger partial charge in [-0.1, -0.05) is 32.9 Å². The molecule has 20 heavy (non-hydrogen) atoms. The highest BCUT2D eigenvalue weighted by Gasteiger charge is 2.19. The van der Waals surface area contributed by atoms with Gasteiger partial charge >= 0.3 is 0 Å². The van der Waals surface area contributed by atoms with Crippen molar-refractivity contribution in [2.24, 2.45) is 0 Å². The zero-order chi connectivity index (χ0) is 14.8. The molecule has 0 aliphatic rings. The van der Waals surface area contributed by atoms with E-state index in [-0.39, 0.29) is 5.41 Å². The van der Waals surface area contributed by atoms with Crippen LogP contribution in [0.15, 0.2) is 34.9 Å². The lowest BCUT2D eigenvalue weighted by Crippen LogP contribution is -2.16. The second-order valence-electron chi connectivity index (χ2n) is 5.61. The van der Waals surface area contributed by atoms with E-state index in [0.717, 1.165) is 27.4 Å². The minimum atomic E-state index is -0.0872. The smallest absolute Gasteiger partial charge is 0.135 e. The Morgan fingerprint density at radius 3 is 2.55 bits per heavy atom. The first-order valence-electron chi connectivity index (χ1n) is 6.68. The number of ether oxygens (including phenoxy) is 1. The maximum absolute atomic E-state index is 5.54. The summed E-state index contributed by atoms with van der Waals surface area (Å²) in [7, 11) is 0. The van der Waals surface area contributed by atoms with E-state index in [1.807, 2.05) is 37.3 Å². The zero-order valence-corrected chi connectivity index (χ0v) is 13.9. The van der Waals surface area contributed by atoms with Gasteiger partial charge in [-0.05, 0) is 41.1 Å². The summed E-state index contributed by atoms with van der Waals surface area (Å²) in [6.07, 6.45) is 0. The summed E-state index contributed by atoms with van der Waals surface area (Å²) in [5.41, 5.74) is 1.85. The van der Waals surface area contributed by atoms with Crippen LogP contribution < -0.4 is 4.74 Å². The summed E-state index contributed by atoms with van der Waals surface area (Å²) in [6.45, 7) is 8.95. The fourth-order valence-electron chi connectivity index (χ4n) is 1.81. The van der Waals surface area contributed by atoms with Gasteiger partial charge in [0.2, 0.25) is 0 Å². The summed E-state index contributed by atoms with van der Waals surface area (Å²) in [5, 5.41) is 0. The predicted octanol–water partition coefficient (Wildman–Crippen LogP) is 4.60. The monoisotopic (exact) mass is 334 g/mol. The van der Waals surface area contributed by atoms with E-state index in [1.54, 1.807) is 0 Å². The fourth-order valence-corrected chi connectivity index (χ4v) is 2.20. The van der Waals surface area contributed by atoms with Crippen LogP contribution in [0, 0.1) is 0 Å². The molecule has 1 aromatic heterocycles. The van der Waals surface area contributed by atoms with Crippen LogP contribution in [0.25, 0.3) is 11.3 Å². The molecule has 0 N–H and O–H groups in total. The highest BCUT2D eigenvalue weighted by Crippen LogP contribution is 2.27. The van der Waals surface area contributed by atoms with Gasteiger partial charge in [-0.15, -0.1) is 0 Å². The molecule has 0 fully saturated rings. The van der Waals surface area contributed by atoms with Crippen LogP contribution in [0.3, 0.4) is 0 Å². The lowest BCUT2D eigenvalue weighted by molar-refractivity contribution is 0.340. The van der Waals surface area contributed by atoms with E-state index in [1.165, 1.54) is 0 Å². The van der Waals surface area contributed by atoms with Crippen molar-refractivity contribution >= 4 is 15.9 Å². The number of rotatable bonds is 3. The number of hydrogen-bond acceptors (Lipinski definition) is 3. The number of hydrogen-bond donors (Lipinski definition) is 0. The second-order valence-corrected chi connectivity index (χ2v) is 6.42. The maximum Gasteiger partial charge on any atom is 0.135 e. The predicted molar refractivity (Wildman–Crippen MR) is 85.0 cm³/mol. The Labute approximate surface area is 128 Å². The lowest BCUT2D eigenvalue weighted by atomic mass is 9.95. The van der Waals surface area contributed by atoms with E-state index in [9.17, 15) is 0 Å². The maximum atomic E-state index is 5.54. The molecule has 3 nitrogen and oxygen atoms in total. The zero-order valence-electron chi connectivity index (χ0n) is 12.3. The molecule has 1 aromatic carbocycles. The molecule has 0 amide bonds. The molecular formula is C16H19BrN2O. The van der Waals surface area contributed by atoms with Crippen molar-refractivity contribution in [2.45, 2.75) is 33.1 Å². The van der Waals surface area contributed by atoms with Gasteiger partial charge in [-0.25, -0.2) is 9.97 Å². The quantitative estimate of drug-likeness (QED) is 0.769. The van der Waals surface area contributed by atoms with Gasteiger partial charge in [0.05, 0.1) is 12.3 Å². The molecule has 2 rings (SSSR count). The van der Waals surface area contributed by atoms with Gasteiger partial charge in [0.25, 0.3) is 0 Å². The van der Waals surface area contributed by atoms with Crippen LogP contribution in [0.4, 0.5) is 0 Å². The van der Waals surface area contributed by atoms with Gasteiger partial charge in [-0.3, -0.25) is 0 Å². The highest BCUT2D eigenvalue weighted by atomic mass is 79.9. The Morgan fingerprint density at radius 2 is 1.90 bits per heavy atom. The van der Waals surface area contributed by atoms with Gasteiger partial charge < -0.3 is 4.74 Å². The van der Waals surface area contributed by atoms with Crippen LogP contribution >= 0.6 is 15.9 Å². The third-order valence-electron chi connectivity index (χ3n) is 2.81. The summed E-state index contributed by atoms with van der Waals surface area (Å²) in [5.74, 6) is 1.68. The summed E-state index contributed by atoms with van der Waals surface area (Å²) < 4.78 is 6.34. The van der Waals surface area contributed by atoms with Crippen molar-refractivity contribution in [1.29, 1.82) is 0 Å². The van der Waals surface area contributed by atoms with E-state index in [4.69, 9.17) is 4.74 Å². The lowest BCUT2D eigenvalue weighted by Gasteiger charge is -2.17. The SMILES string of the molecule is CCOc1cccc(-c2cc(Br)nc(C(C)(C)C)n2)c1. The number of benzene rings is 1. The van der Waals surface area contributed by atoms with Crippen molar-refractivity contribution in [3.8, 4) is 17.0 Å². The van der Waals surface area contributed by atoms with Crippen LogP contribution in [0.1, 0.15) is 33.5 Å². The number of halogens is 1. The molecule has 0 saturated heterocycles. The normalized spacial score (nSPS) is 11.4. The minimum Gasteiger partial charge on any atom is -0.494 e. The first-order chi connectivity index (χ1) is 9.40. The Balaban J connectivity index is 2.47. The molecule has 0 spiro atoms. The molecule has 0 bridgehead atoms. The van der Waals surface area contributed by atoms with Crippen molar-refractivity contribution in [2.75, 3.05) is 6.61 Å². The molecular weight excluding hydrogens is 316 g/mol. The van der Waals surface area contributed by atoms with Crippen molar-refractivity contribution in [1.82, 2.24) is 9.97 Å². The molecule has 0 unspecified atom stereocenters. The third-order valence-corrected chi connectivity index (χ3v) is 3.21. The first kappa shape index (κ1) is 15.0. The van der Waals surface area contributed by atoms with Gasteiger partial charge in [0.15, 0.2) is 0 Å². The van der Waals surface area contributed by atoms with Crippen molar-refractivity contribution < 1.29 is 4.74 Å². The van der Waals surface area contributed by atoms with Gasteiger partial charge in [-0.2, -0.15) is 0 Å². The fraction of sp³-hybridized carbons (Fsp3) is 0.375. The Morgan fingerprint density at radius 1 is 1.15 bits per heavy atom. The molecule has 106 valence electrons. The molecule has 1 heterocycles. The molecule has 0 saturated carbocycles. The van der Waals surface area contributed by atoms with Crippen LogP contribution in [0.2, 0.25) is 0 Å². The standard InChI is InChI=1S/C16H19BrN2O/c1-5-20-12-8-6-7-11(9-12)13-10-14(17)19-15(18-13)16(2,3)4/h6-10H,5H2,1-4H3. The van der Waals surface area contributed by atoms with Gasteiger partial charge in [0, 0.05) is 11.0 Å². The summed E-state index contributed by atoms with van der Waals surface area (Å²) in [4.78, 5) is 9.14. The van der Waals surface area contributed by atoms with Crippen LogP contribution in [0.5, 0.6) is 5.75 Å². The van der Waals surface area contributed by atoms with E-state index < -0.39 is 0 Å². The summed E-state index contributed by atoms with van der Waals surface area (Å²) >= 11 is 3.47. The average molecular weight is 335 g/mol. The molecule has 4 heteroatoms. The molecule has 0 aliphatic carbocycles. The Hall–Kier alpha value is -1.42. The van der Waals surface area contributed by atoms with Crippen LogP contribution in [-0.4, -0.2) is 16.6 Å². The minimum absolute atomic E-state index is 0.0872. The first-order valence-corrected chi connectivity index (χ1v) is 7.48. The molecule has 0 radical (unpaired) electrons. The Kier molecular flexibility index (Phi) is 4.43. The summed E-state index contributed by atoms with van der Waals surface area (Å²) in [6, 6.07) is 9.90. The second kappa shape index (κ2) is 5.92. The topological polar surface area (TPSA) is 35.0 Å². The molecule has 0 atom stereocenters. The van der Waals surface area contributed by atoms with Gasteiger partial charge in [0.1, 0.15) is 16.2 Å². The van der Waals surface area contributed by atoms with Crippen LogP contribution in [-0.2, 0) is 5.41 Å². The van der Waals surface area contributed by atoms with E-state index >= 15 is 0 Å². The Bertz CT molecular complexity index is 606. The third kappa shape index (κ3) is 3.57. The molecule has 2 aromatic rings. The number of aromatic nitrogens is 2. The number of nitrogens with zero attached hydrogens (tertiary/aromatic N) is 2. The van der Waals surface area contributed by atoms with E-state index in [0.29, 0.717) is 6.61 Å². The largest absolute Gasteiger partial charge is 0.494 e. The highest BCUT2D eigenvalue weighted by molar-refractivity contribution is 9.10. The van der Waals surface area contributed by atoms with Crippen molar-refractivity contribution in [3.63, 3.8) is 0 Å². The van der Waals surface area contributed by atoms with Crippen molar-refractivity contribution in [3.05, 3.63) is 40.8 Å². The molecule has 0 aliphatic heterocycles. The van der Waals surface area contributed by atoms with E-state index in [2.05, 4.69) is 46.7 Å².